The van der Waals surface area contributed by atoms with Crippen molar-refractivity contribution in [1.29, 1.82) is 0 Å². The van der Waals surface area contributed by atoms with Crippen molar-refractivity contribution < 1.29 is 0 Å². The third kappa shape index (κ3) is 3.67. The van der Waals surface area contributed by atoms with Crippen LogP contribution in [0.5, 0.6) is 0 Å². The third-order valence-electron chi connectivity index (χ3n) is 5.33. The number of anilines is 1. The first-order chi connectivity index (χ1) is 14.3. The second-order valence-electron chi connectivity index (χ2n) is 7.28. The maximum atomic E-state index is 7.25. The Bertz CT molecular complexity index is 1180. The van der Waals surface area contributed by atoms with Gasteiger partial charge in [-0.2, -0.15) is 0 Å². The zero-order valence-corrected chi connectivity index (χ0v) is 16.8. The highest BCUT2D eigenvalue weighted by molar-refractivity contribution is 7.15. The van der Waals surface area contributed by atoms with Crippen LogP contribution in [-0.4, -0.2) is 16.1 Å². The molecule has 1 aliphatic rings. The smallest absolute Gasteiger partial charge is 0.187 e. The molecule has 0 aliphatic carbocycles. The van der Waals surface area contributed by atoms with E-state index < -0.39 is 0 Å². The average molecular weight is 397 g/mol. The summed E-state index contributed by atoms with van der Waals surface area (Å²) in [5.74, 6) is 0. The summed E-state index contributed by atoms with van der Waals surface area (Å²) in [5, 5.41) is 1.07. The van der Waals surface area contributed by atoms with E-state index in [9.17, 15) is 0 Å². The highest BCUT2D eigenvalue weighted by Gasteiger charge is 2.19. The normalized spacial score (nSPS) is 13.1. The van der Waals surface area contributed by atoms with Crippen molar-refractivity contribution in [2.45, 2.75) is 19.4 Å². The monoisotopic (exact) mass is 396 g/mol. The van der Waals surface area contributed by atoms with Crippen LogP contribution >= 0.6 is 11.3 Å². The standard InChI is InChI=1S/C24H20N4S/c1-25-21-8-7-19-9-12-28(17-20(19)15-21)24-26-16-23(29-24)14-18-5-4-6-22(13-18)27-10-2-3-11-27/h2-8,10-11,13,15-16H,9,12,14,17H2. The van der Waals surface area contributed by atoms with Gasteiger partial charge in [0.25, 0.3) is 0 Å². The molecule has 0 N–H and O–H groups in total. The molecule has 2 aromatic heterocycles. The molecule has 0 atom stereocenters. The Kier molecular flexibility index (Phi) is 4.63. The Hall–Kier alpha value is -3.36. The van der Waals surface area contributed by atoms with Crippen LogP contribution in [-0.2, 0) is 19.4 Å². The van der Waals surface area contributed by atoms with Crippen molar-refractivity contribution in [3.63, 3.8) is 0 Å². The predicted octanol–water partition coefficient (Wildman–Crippen LogP) is 5.64. The Morgan fingerprint density at radius 3 is 2.79 bits per heavy atom. The van der Waals surface area contributed by atoms with Crippen molar-refractivity contribution in [3.8, 4) is 5.69 Å². The van der Waals surface area contributed by atoms with E-state index in [1.807, 2.05) is 30.5 Å². The highest BCUT2D eigenvalue weighted by Crippen LogP contribution is 2.31. The summed E-state index contributed by atoms with van der Waals surface area (Å²) in [6, 6.07) is 18.8. The number of benzene rings is 2. The fourth-order valence-corrected chi connectivity index (χ4v) is 4.81. The van der Waals surface area contributed by atoms with Crippen LogP contribution in [0.3, 0.4) is 0 Å². The van der Waals surface area contributed by atoms with Crippen molar-refractivity contribution >= 4 is 22.2 Å². The van der Waals surface area contributed by atoms with E-state index in [1.54, 1.807) is 11.3 Å². The fraction of sp³-hybridized carbons (Fsp3) is 0.167. The van der Waals surface area contributed by atoms with Crippen molar-refractivity contribution in [1.82, 2.24) is 9.55 Å². The lowest BCUT2D eigenvalue weighted by molar-refractivity contribution is 0.729. The van der Waals surface area contributed by atoms with E-state index in [0.29, 0.717) is 5.69 Å². The lowest BCUT2D eigenvalue weighted by Gasteiger charge is -2.28. The van der Waals surface area contributed by atoms with E-state index >= 15 is 0 Å². The molecule has 4 aromatic rings. The average Bonchev–Trinajstić information content (AvgIpc) is 3.46. The zero-order chi connectivity index (χ0) is 19.6. The largest absolute Gasteiger partial charge is 0.343 e. The molecule has 142 valence electrons. The Labute approximate surface area is 174 Å². The minimum atomic E-state index is 0.716. The number of fused-ring (bicyclic) bond motifs is 1. The van der Waals surface area contributed by atoms with Gasteiger partial charge in [-0.15, -0.1) is 11.3 Å². The Morgan fingerprint density at radius 1 is 1.03 bits per heavy atom. The van der Waals surface area contributed by atoms with E-state index in [0.717, 1.165) is 31.1 Å². The molecule has 0 spiro atoms. The first-order valence-corrected chi connectivity index (χ1v) is 10.5. The topological polar surface area (TPSA) is 25.4 Å². The minimum Gasteiger partial charge on any atom is -0.343 e. The summed E-state index contributed by atoms with van der Waals surface area (Å²) < 4.78 is 2.13. The number of thiazole rings is 1. The van der Waals surface area contributed by atoms with Crippen LogP contribution in [0.15, 0.2) is 73.2 Å². The van der Waals surface area contributed by atoms with Gasteiger partial charge in [0, 0.05) is 48.7 Å². The Morgan fingerprint density at radius 2 is 1.93 bits per heavy atom. The first kappa shape index (κ1) is 17.7. The van der Waals surface area contributed by atoms with Gasteiger partial charge < -0.3 is 9.47 Å². The summed E-state index contributed by atoms with van der Waals surface area (Å²) in [6.45, 7) is 9.05. The van der Waals surface area contributed by atoms with Gasteiger partial charge in [-0.1, -0.05) is 30.3 Å². The van der Waals surface area contributed by atoms with Gasteiger partial charge >= 0.3 is 0 Å². The van der Waals surface area contributed by atoms with Crippen LogP contribution in [0.4, 0.5) is 10.8 Å². The molecule has 5 heteroatoms. The van der Waals surface area contributed by atoms with Crippen LogP contribution in [0, 0.1) is 6.57 Å². The van der Waals surface area contributed by atoms with Gasteiger partial charge in [0.05, 0.1) is 6.57 Å². The van der Waals surface area contributed by atoms with Crippen LogP contribution in [0.1, 0.15) is 21.6 Å². The molecule has 0 saturated carbocycles. The van der Waals surface area contributed by atoms with E-state index in [-0.39, 0.29) is 0 Å². The number of aromatic nitrogens is 2. The van der Waals surface area contributed by atoms with Crippen molar-refractivity contribution in [3.05, 3.63) is 106 Å². The molecule has 29 heavy (non-hydrogen) atoms. The maximum absolute atomic E-state index is 7.25. The minimum absolute atomic E-state index is 0.716. The molecule has 0 fully saturated rings. The summed E-state index contributed by atoms with van der Waals surface area (Å²) in [7, 11) is 0. The quantitative estimate of drug-likeness (QED) is 0.417. The third-order valence-corrected chi connectivity index (χ3v) is 6.39. The fourth-order valence-electron chi connectivity index (χ4n) is 3.84. The molecule has 0 saturated heterocycles. The summed E-state index contributed by atoms with van der Waals surface area (Å²) in [4.78, 5) is 11.9. The molecular weight excluding hydrogens is 376 g/mol. The second-order valence-corrected chi connectivity index (χ2v) is 8.38. The number of hydrogen-bond acceptors (Lipinski definition) is 3. The van der Waals surface area contributed by atoms with Gasteiger partial charge in [-0.25, -0.2) is 9.83 Å². The van der Waals surface area contributed by atoms with Gasteiger partial charge in [-0.3, -0.25) is 0 Å². The van der Waals surface area contributed by atoms with Crippen LogP contribution < -0.4 is 4.90 Å². The molecular formula is C24H20N4S. The second kappa shape index (κ2) is 7.57. The molecule has 0 bridgehead atoms. The van der Waals surface area contributed by atoms with Gasteiger partial charge in [0.15, 0.2) is 10.8 Å². The number of nitrogens with zero attached hydrogens (tertiary/aromatic N) is 4. The molecule has 5 rings (SSSR count). The summed E-state index contributed by atoms with van der Waals surface area (Å²) in [6.07, 6.45) is 8.03. The van der Waals surface area contributed by atoms with Gasteiger partial charge in [-0.05, 0) is 47.4 Å². The summed E-state index contributed by atoms with van der Waals surface area (Å²) >= 11 is 1.77. The van der Waals surface area contributed by atoms with Gasteiger partial charge in [0.1, 0.15) is 0 Å². The van der Waals surface area contributed by atoms with Crippen LogP contribution in [0.25, 0.3) is 10.5 Å². The number of rotatable bonds is 4. The SMILES string of the molecule is [C-]#[N+]c1ccc2c(c1)CN(c1ncc(Cc3cccc(-n4cccc4)c3)s1)CC2. The molecule has 0 unspecified atom stereocenters. The lowest BCUT2D eigenvalue weighted by atomic mass is 9.99. The molecule has 4 nitrogen and oxygen atoms in total. The molecule has 0 amide bonds. The molecule has 2 aromatic carbocycles. The van der Waals surface area contributed by atoms with E-state index in [2.05, 4.69) is 57.0 Å². The maximum Gasteiger partial charge on any atom is 0.187 e. The van der Waals surface area contributed by atoms with E-state index in [4.69, 9.17) is 11.6 Å². The van der Waals surface area contributed by atoms with E-state index in [1.165, 1.54) is 27.3 Å². The van der Waals surface area contributed by atoms with Crippen LogP contribution in [0.2, 0.25) is 0 Å². The highest BCUT2D eigenvalue weighted by atomic mass is 32.1. The van der Waals surface area contributed by atoms with Crippen molar-refractivity contribution in [2.75, 3.05) is 11.4 Å². The van der Waals surface area contributed by atoms with Gasteiger partial charge in [0.2, 0.25) is 0 Å². The zero-order valence-electron chi connectivity index (χ0n) is 16.0. The molecule has 0 radical (unpaired) electrons. The Balaban J connectivity index is 1.33. The molecule has 1 aliphatic heterocycles. The summed E-state index contributed by atoms with van der Waals surface area (Å²) in [5.41, 5.74) is 5.79. The predicted molar refractivity (Wildman–Crippen MR) is 118 cm³/mol. The molecule has 3 heterocycles. The lowest BCUT2D eigenvalue weighted by Crippen LogP contribution is -2.30. The first-order valence-electron chi connectivity index (χ1n) is 9.70. The van der Waals surface area contributed by atoms with Crippen molar-refractivity contribution in [2.24, 2.45) is 0 Å². The number of hydrogen-bond donors (Lipinski definition) is 0.